The Bertz CT molecular complexity index is 1050. The zero-order valence-electron chi connectivity index (χ0n) is 17.6. The lowest BCUT2D eigenvalue weighted by molar-refractivity contribution is -0.110. The molecule has 0 aliphatic rings. The molecule has 0 unspecified atom stereocenters. The number of rotatable bonds is 6. The number of hydrogen-bond donors (Lipinski definition) is 3. The molecule has 0 saturated carbocycles. The molecule has 2 rings (SSSR count). The van der Waals surface area contributed by atoms with Crippen LogP contribution in [-0.2, 0) is 11.2 Å². The summed E-state index contributed by atoms with van der Waals surface area (Å²) in [6, 6.07) is 4.89. The van der Waals surface area contributed by atoms with Crippen molar-refractivity contribution in [3.05, 3.63) is 40.5 Å². The van der Waals surface area contributed by atoms with Crippen molar-refractivity contribution in [2.75, 3.05) is 5.32 Å². The van der Waals surface area contributed by atoms with Crippen LogP contribution in [0.15, 0.2) is 34.4 Å². The number of nitrogens with zero attached hydrogens (tertiary/aromatic N) is 3. The van der Waals surface area contributed by atoms with Gasteiger partial charge in [-0.1, -0.05) is 32.4 Å². The topological polar surface area (TPSA) is 139 Å². The predicted octanol–water partition coefficient (Wildman–Crippen LogP) is 4.73. The number of aromatic nitrogens is 1. The second-order valence-corrected chi connectivity index (χ2v) is 7.37. The highest BCUT2D eigenvalue weighted by Crippen LogP contribution is 2.36. The number of halogens is 1. The van der Waals surface area contributed by atoms with Crippen LogP contribution in [0.1, 0.15) is 31.9 Å². The molecular weight excluding hydrogens is 422 g/mol. The molecule has 2 amide bonds. The number of aryl methyl sites for hydroxylation is 2. The third-order valence-corrected chi connectivity index (χ3v) is 4.27. The van der Waals surface area contributed by atoms with Crippen LogP contribution in [-0.4, -0.2) is 34.1 Å². The summed E-state index contributed by atoms with van der Waals surface area (Å²) in [5.74, 6) is -0.455. The Kier molecular flexibility index (Phi) is 8.09. The minimum absolute atomic E-state index is 0.241. The quantitative estimate of drug-likeness (QED) is 0.433. The fraction of sp³-hybridized carbons (Fsp3) is 0.286. The second kappa shape index (κ2) is 10.5. The number of pyridine rings is 1. The molecule has 0 fully saturated rings. The molecule has 0 aliphatic carbocycles. The monoisotopic (exact) mass is 445 g/mol. The SMILES string of the molecule is CCc1cc(NC(=O)/C(N)=N/C(=O)O)cc(Cl)c1Oc1cc(C)c(N=CC(C)C)cn1. The molecule has 1 aromatic heterocycles. The van der Waals surface area contributed by atoms with Gasteiger partial charge in [-0.3, -0.25) is 9.79 Å². The van der Waals surface area contributed by atoms with Crippen molar-refractivity contribution < 1.29 is 19.4 Å². The van der Waals surface area contributed by atoms with E-state index in [1.807, 2.05) is 33.9 Å². The van der Waals surface area contributed by atoms with Gasteiger partial charge in [0.05, 0.1) is 16.9 Å². The minimum Gasteiger partial charge on any atom is -0.463 e. The number of carboxylic acid groups (broad SMARTS) is 1. The highest BCUT2D eigenvalue weighted by molar-refractivity contribution is 6.42. The summed E-state index contributed by atoms with van der Waals surface area (Å²) in [5.41, 5.74) is 8.03. The van der Waals surface area contributed by atoms with Crippen molar-refractivity contribution in [1.82, 2.24) is 4.98 Å². The average molecular weight is 446 g/mol. The lowest BCUT2D eigenvalue weighted by Crippen LogP contribution is -2.31. The summed E-state index contributed by atoms with van der Waals surface area (Å²) < 4.78 is 5.92. The van der Waals surface area contributed by atoms with Crippen molar-refractivity contribution >= 4 is 47.0 Å². The van der Waals surface area contributed by atoms with Gasteiger partial charge in [-0.25, -0.2) is 9.78 Å². The lowest BCUT2D eigenvalue weighted by atomic mass is 10.1. The molecule has 0 saturated heterocycles. The standard InChI is InChI=1S/C21H24ClN5O4/c1-5-13-7-14(26-20(28)19(23)27-21(29)30)8-15(22)18(13)31-17-6-12(4)16(10-25-17)24-9-11(2)3/h6-11H,5H2,1-4H3,(H2,23,27)(H,26,28)(H,29,30). The molecule has 1 aromatic carbocycles. The number of nitrogens with one attached hydrogen (secondary N) is 1. The number of ether oxygens (including phenoxy) is 1. The van der Waals surface area contributed by atoms with Crippen LogP contribution >= 0.6 is 11.6 Å². The van der Waals surface area contributed by atoms with Gasteiger partial charge in [0.25, 0.3) is 5.91 Å². The van der Waals surface area contributed by atoms with E-state index in [4.69, 9.17) is 27.2 Å². The molecule has 10 heteroatoms. The molecular formula is C21H24ClN5O4. The van der Waals surface area contributed by atoms with Crippen LogP contribution in [0.2, 0.25) is 5.02 Å². The Labute approximate surface area is 185 Å². The van der Waals surface area contributed by atoms with Crippen LogP contribution in [0.3, 0.4) is 0 Å². The first-order valence-corrected chi connectivity index (χ1v) is 9.88. The van der Waals surface area contributed by atoms with Gasteiger partial charge < -0.3 is 20.9 Å². The van der Waals surface area contributed by atoms with Crippen LogP contribution in [0.25, 0.3) is 0 Å². The molecule has 1 heterocycles. The Morgan fingerprint density at radius 2 is 2.06 bits per heavy atom. The number of aliphatic imine (C=N–C) groups is 2. The van der Waals surface area contributed by atoms with E-state index in [9.17, 15) is 9.59 Å². The zero-order chi connectivity index (χ0) is 23.1. The third-order valence-electron chi connectivity index (χ3n) is 3.98. The normalized spacial score (nSPS) is 11.7. The molecule has 0 spiro atoms. The van der Waals surface area contributed by atoms with Crippen molar-refractivity contribution in [3.8, 4) is 11.6 Å². The van der Waals surface area contributed by atoms with Gasteiger partial charge >= 0.3 is 6.09 Å². The van der Waals surface area contributed by atoms with Crippen molar-refractivity contribution in [2.45, 2.75) is 34.1 Å². The van der Waals surface area contributed by atoms with Gasteiger partial charge in [0.2, 0.25) is 5.88 Å². The van der Waals surface area contributed by atoms with E-state index < -0.39 is 17.8 Å². The number of carbonyl (C=O) groups excluding carboxylic acids is 1. The van der Waals surface area contributed by atoms with E-state index in [1.54, 1.807) is 18.3 Å². The van der Waals surface area contributed by atoms with Crippen molar-refractivity contribution in [3.63, 3.8) is 0 Å². The van der Waals surface area contributed by atoms with Crippen LogP contribution in [0, 0.1) is 12.8 Å². The molecule has 2 aromatic rings. The first-order chi connectivity index (χ1) is 14.6. The van der Waals surface area contributed by atoms with Gasteiger partial charge in [0, 0.05) is 18.0 Å². The fourth-order valence-corrected chi connectivity index (χ4v) is 2.77. The summed E-state index contributed by atoms with van der Waals surface area (Å²) in [7, 11) is 0. The molecule has 4 N–H and O–H groups in total. The zero-order valence-corrected chi connectivity index (χ0v) is 18.4. The van der Waals surface area contributed by atoms with E-state index in [0.29, 0.717) is 35.2 Å². The maximum absolute atomic E-state index is 12.0. The molecule has 31 heavy (non-hydrogen) atoms. The van der Waals surface area contributed by atoms with E-state index in [1.165, 1.54) is 6.07 Å². The summed E-state index contributed by atoms with van der Waals surface area (Å²) >= 11 is 6.38. The predicted molar refractivity (Wildman–Crippen MR) is 121 cm³/mol. The average Bonchev–Trinajstić information content (AvgIpc) is 2.68. The van der Waals surface area contributed by atoms with Gasteiger partial charge in [0.1, 0.15) is 0 Å². The Morgan fingerprint density at radius 3 is 2.65 bits per heavy atom. The van der Waals surface area contributed by atoms with Crippen LogP contribution < -0.4 is 15.8 Å². The van der Waals surface area contributed by atoms with Crippen LogP contribution in [0.5, 0.6) is 11.6 Å². The summed E-state index contributed by atoms with van der Waals surface area (Å²) in [6.07, 6.45) is 2.46. The molecule has 164 valence electrons. The molecule has 0 aliphatic heterocycles. The Hall–Kier alpha value is -3.46. The second-order valence-electron chi connectivity index (χ2n) is 6.97. The number of anilines is 1. The van der Waals surface area contributed by atoms with Gasteiger partial charge in [-0.15, -0.1) is 0 Å². The lowest BCUT2D eigenvalue weighted by Gasteiger charge is -2.14. The number of hydrogen-bond acceptors (Lipinski definition) is 5. The van der Waals surface area contributed by atoms with Gasteiger partial charge in [-0.05, 0) is 42.5 Å². The highest BCUT2D eigenvalue weighted by atomic mass is 35.5. The highest BCUT2D eigenvalue weighted by Gasteiger charge is 2.15. The van der Waals surface area contributed by atoms with E-state index >= 15 is 0 Å². The number of amidine groups is 1. The first kappa shape index (κ1) is 23.8. The smallest absolute Gasteiger partial charge is 0.433 e. The van der Waals surface area contributed by atoms with Gasteiger partial charge in [0.15, 0.2) is 11.6 Å². The number of nitrogens with two attached hydrogens (primary N) is 1. The van der Waals surface area contributed by atoms with Crippen LogP contribution in [0.4, 0.5) is 16.2 Å². The van der Waals surface area contributed by atoms with E-state index in [-0.39, 0.29) is 5.02 Å². The molecule has 9 nitrogen and oxygen atoms in total. The number of carbonyl (C=O) groups is 2. The minimum atomic E-state index is -1.56. The summed E-state index contributed by atoms with van der Waals surface area (Å²) in [5, 5.41) is 11.3. The largest absolute Gasteiger partial charge is 0.463 e. The molecule has 0 atom stereocenters. The van der Waals surface area contributed by atoms with E-state index in [2.05, 4.69) is 20.3 Å². The van der Waals surface area contributed by atoms with Crippen molar-refractivity contribution in [1.29, 1.82) is 0 Å². The molecule has 0 bridgehead atoms. The fourth-order valence-electron chi connectivity index (χ4n) is 2.50. The van der Waals surface area contributed by atoms with Gasteiger partial charge in [-0.2, -0.15) is 4.99 Å². The third kappa shape index (κ3) is 6.78. The molecule has 0 radical (unpaired) electrons. The number of amides is 2. The Balaban J connectivity index is 2.27. The maximum atomic E-state index is 12.0. The Morgan fingerprint density at radius 1 is 1.35 bits per heavy atom. The summed E-state index contributed by atoms with van der Waals surface area (Å²) in [6.45, 7) is 7.88. The van der Waals surface area contributed by atoms with Crippen molar-refractivity contribution in [2.24, 2.45) is 21.6 Å². The first-order valence-electron chi connectivity index (χ1n) is 9.50. The van der Waals surface area contributed by atoms with E-state index in [0.717, 1.165) is 11.3 Å². The summed E-state index contributed by atoms with van der Waals surface area (Å²) in [4.78, 5) is 34.2. The maximum Gasteiger partial charge on any atom is 0.433 e. The number of benzene rings is 1.